The molecule has 0 radical (unpaired) electrons. The number of esters is 1. The van der Waals surface area contributed by atoms with E-state index in [1.54, 1.807) is 0 Å². The minimum atomic E-state index is -0.631. The summed E-state index contributed by atoms with van der Waals surface area (Å²) in [4.78, 5) is 22.8. The topological polar surface area (TPSA) is 79.8 Å². The lowest BCUT2D eigenvalue weighted by molar-refractivity contribution is -0.162. The molecule has 0 unspecified atom stereocenters. The Bertz CT molecular complexity index is 1680. The molecule has 4 aromatic rings. The van der Waals surface area contributed by atoms with E-state index in [2.05, 4.69) is 31.2 Å². The molecular weight excluding hydrogens is 540 g/mol. The third-order valence-corrected chi connectivity index (χ3v) is 8.01. The molecule has 0 saturated heterocycles. The molecule has 1 saturated carbocycles. The van der Waals surface area contributed by atoms with E-state index >= 15 is 0 Å². The summed E-state index contributed by atoms with van der Waals surface area (Å²) in [6, 6.07) is 12.3. The number of nitrogens with zero attached hydrogens (tertiary/aromatic N) is 2. The van der Waals surface area contributed by atoms with Crippen molar-refractivity contribution >= 4 is 27.8 Å². The second kappa shape index (κ2) is 11.1. The molecule has 2 aliphatic rings. The van der Waals surface area contributed by atoms with Crippen LogP contribution in [0.5, 0.6) is 11.6 Å². The Labute approximate surface area is 253 Å². The third kappa shape index (κ3) is 6.19. The Hall–Kier alpha value is -3.71. The smallest absolute Gasteiger partial charge is 0.311 e. The van der Waals surface area contributed by atoms with Crippen molar-refractivity contribution in [2.75, 3.05) is 19.8 Å². The van der Waals surface area contributed by atoms with Crippen LogP contribution < -0.4 is 9.47 Å². The lowest BCUT2D eigenvalue weighted by atomic mass is 9.86. The number of aromatic nitrogens is 2. The zero-order chi connectivity index (χ0) is 30.5. The molecular formula is C36H42N2O5. The maximum absolute atomic E-state index is 12.9. The normalized spacial score (nSPS) is 15.8. The summed E-state index contributed by atoms with van der Waals surface area (Å²) in [6.45, 7) is 15.2. The first kappa shape index (κ1) is 29.4. The van der Waals surface area contributed by atoms with Gasteiger partial charge < -0.3 is 18.9 Å². The number of carbonyl (C=O) groups is 1. The molecule has 7 nitrogen and oxygen atoms in total. The van der Waals surface area contributed by atoms with E-state index in [1.165, 1.54) is 18.4 Å². The molecule has 1 aliphatic heterocycles. The number of hydrogen-bond acceptors (Lipinski definition) is 7. The van der Waals surface area contributed by atoms with Gasteiger partial charge in [-0.25, -0.2) is 4.98 Å². The highest BCUT2D eigenvalue weighted by atomic mass is 16.6. The molecule has 43 heavy (non-hydrogen) atoms. The lowest BCUT2D eigenvalue weighted by Gasteiger charge is -2.31. The molecule has 0 spiro atoms. The van der Waals surface area contributed by atoms with E-state index in [0.717, 1.165) is 56.2 Å². The van der Waals surface area contributed by atoms with Gasteiger partial charge in [-0.05, 0) is 120 Å². The van der Waals surface area contributed by atoms with Gasteiger partial charge in [-0.2, -0.15) is 0 Å². The molecule has 2 aromatic carbocycles. The first-order chi connectivity index (χ1) is 20.4. The molecule has 1 atom stereocenters. The number of pyridine rings is 2. The Kier molecular flexibility index (Phi) is 7.57. The summed E-state index contributed by atoms with van der Waals surface area (Å²) in [7, 11) is 0. The number of aryl methyl sites for hydroxylation is 1. The Morgan fingerprint density at radius 3 is 2.58 bits per heavy atom. The summed E-state index contributed by atoms with van der Waals surface area (Å²) in [5.41, 5.74) is 5.69. The first-order valence-corrected chi connectivity index (χ1v) is 15.3. The second-order valence-electron chi connectivity index (χ2n) is 13.9. The first-order valence-electron chi connectivity index (χ1n) is 15.3. The highest BCUT2D eigenvalue weighted by Gasteiger charge is 2.31. The van der Waals surface area contributed by atoms with Gasteiger partial charge in [-0.3, -0.25) is 9.78 Å². The van der Waals surface area contributed by atoms with Gasteiger partial charge in [0.05, 0.1) is 35.3 Å². The van der Waals surface area contributed by atoms with Gasteiger partial charge in [0.1, 0.15) is 18.5 Å². The highest BCUT2D eigenvalue weighted by Crippen LogP contribution is 2.45. The van der Waals surface area contributed by atoms with Crippen molar-refractivity contribution in [2.24, 2.45) is 11.3 Å². The van der Waals surface area contributed by atoms with Gasteiger partial charge in [-0.15, -0.1) is 0 Å². The fourth-order valence-electron chi connectivity index (χ4n) is 5.75. The van der Waals surface area contributed by atoms with Crippen LogP contribution in [0.25, 0.3) is 32.9 Å². The van der Waals surface area contributed by atoms with Crippen LogP contribution >= 0.6 is 0 Å². The van der Waals surface area contributed by atoms with Crippen LogP contribution in [-0.2, 0) is 20.7 Å². The van der Waals surface area contributed by atoms with E-state index in [-0.39, 0.29) is 12.6 Å². The Balaban J connectivity index is 1.57. The number of ether oxygens (including phenoxy) is 4. The maximum atomic E-state index is 12.9. The molecule has 0 amide bonds. The monoisotopic (exact) mass is 582 g/mol. The van der Waals surface area contributed by atoms with E-state index in [4.69, 9.17) is 28.9 Å². The van der Waals surface area contributed by atoms with Crippen molar-refractivity contribution in [2.45, 2.75) is 79.4 Å². The van der Waals surface area contributed by atoms with E-state index in [9.17, 15) is 4.79 Å². The maximum Gasteiger partial charge on any atom is 0.311 e. The molecule has 2 aromatic heterocycles. The quantitative estimate of drug-likeness (QED) is 0.195. The molecule has 6 rings (SSSR count). The van der Waals surface area contributed by atoms with Gasteiger partial charge in [0.2, 0.25) is 5.88 Å². The number of fused-ring (bicyclic) bond motifs is 1. The van der Waals surface area contributed by atoms with Crippen LogP contribution in [0.3, 0.4) is 0 Å². The molecule has 3 heterocycles. The largest absolute Gasteiger partial charge is 0.493 e. The van der Waals surface area contributed by atoms with Gasteiger partial charge in [0.15, 0.2) is 0 Å². The van der Waals surface area contributed by atoms with Gasteiger partial charge in [0, 0.05) is 35.0 Å². The predicted molar refractivity (Wildman–Crippen MR) is 169 cm³/mol. The van der Waals surface area contributed by atoms with Crippen molar-refractivity contribution in [3.63, 3.8) is 0 Å². The zero-order valence-electron chi connectivity index (χ0n) is 26.4. The van der Waals surface area contributed by atoms with Gasteiger partial charge in [-0.1, -0.05) is 0 Å². The number of rotatable bonds is 8. The molecule has 0 bridgehead atoms. The van der Waals surface area contributed by atoms with Crippen LogP contribution in [0.2, 0.25) is 0 Å². The fraction of sp³-hybridized carbons (Fsp3) is 0.472. The Morgan fingerprint density at radius 2 is 1.86 bits per heavy atom. The van der Waals surface area contributed by atoms with Crippen molar-refractivity contribution in [1.82, 2.24) is 9.97 Å². The van der Waals surface area contributed by atoms with Crippen LogP contribution in [-0.4, -0.2) is 41.4 Å². The van der Waals surface area contributed by atoms with Crippen LogP contribution in [0.1, 0.15) is 77.2 Å². The minimum Gasteiger partial charge on any atom is -0.493 e. The van der Waals surface area contributed by atoms with Crippen molar-refractivity contribution in [1.29, 1.82) is 0 Å². The lowest BCUT2D eigenvalue weighted by Crippen LogP contribution is -2.30. The molecule has 1 fully saturated rings. The number of benzene rings is 2. The molecule has 226 valence electrons. The Morgan fingerprint density at radius 1 is 1.07 bits per heavy atom. The van der Waals surface area contributed by atoms with E-state index < -0.39 is 17.1 Å². The number of hydrogen-bond donors (Lipinski definition) is 0. The average molecular weight is 583 g/mol. The van der Waals surface area contributed by atoms with Gasteiger partial charge >= 0.3 is 5.97 Å². The van der Waals surface area contributed by atoms with Crippen molar-refractivity contribution in [3.8, 4) is 22.8 Å². The summed E-state index contributed by atoms with van der Waals surface area (Å²) < 4.78 is 24.7. The summed E-state index contributed by atoms with van der Waals surface area (Å²) >= 11 is 0. The number of carbonyl (C=O) groups excluding carboxylic acids is 1. The van der Waals surface area contributed by atoms with E-state index in [0.29, 0.717) is 25.0 Å². The standard InChI is InChI=1S/C36H42N2O5/c1-21-18-26-24(11-13-29(38-26)41-19-22-8-9-22)32(25-10-12-27-31-23(15-17-40-27)14-16-37-33(25)31)30(21)28(43-36(5,6)7)20-42-34(39)35(2,3)4/h10-14,16,18,22,28H,8-9,15,17,19-20H2,1-7H3/t28-/m1/s1. The average Bonchev–Trinajstić information content (AvgIpc) is 3.77. The van der Waals surface area contributed by atoms with Crippen LogP contribution in [0, 0.1) is 18.3 Å². The van der Waals surface area contributed by atoms with Crippen LogP contribution in [0.4, 0.5) is 0 Å². The highest BCUT2D eigenvalue weighted by molar-refractivity contribution is 6.07. The van der Waals surface area contributed by atoms with Crippen molar-refractivity contribution < 1.29 is 23.7 Å². The summed E-state index contributed by atoms with van der Waals surface area (Å²) in [5.74, 6) is 1.84. The SMILES string of the molecule is Cc1cc2nc(OCC3CC3)ccc2c(-c2ccc3c4c(ccnc24)CCO3)c1[C@@H](COC(=O)C(C)(C)C)OC(C)(C)C. The third-order valence-electron chi connectivity index (χ3n) is 8.01. The molecule has 1 aliphatic carbocycles. The van der Waals surface area contributed by atoms with E-state index in [1.807, 2.05) is 59.9 Å². The van der Waals surface area contributed by atoms with Crippen molar-refractivity contribution in [3.05, 3.63) is 59.3 Å². The minimum absolute atomic E-state index is 0.0839. The molecule has 7 heteroatoms. The predicted octanol–water partition coefficient (Wildman–Crippen LogP) is 7.93. The fourth-order valence-corrected chi connectivity index (χ4v) is 5.75. The van der Waals surface area contributed by atoms with Gasteiger partial charge in [0.25, 0.3) is 0 Å². The summed E-state index contributed by atoms with van der Waals surface area (Å²) in [6.07, 6.45) is 4.62. The summed E-state index contributed by atoms with van der Waals surface area (Å²) in [5, 5.41) is 2.00. The second-order valence-corrected chi connectivity index (χ2v) is 13.9. The molecule has 0 N–H and O–H groups in total. The zero-order valence-corrected chi connectivity index (χ0v) is 26.4. The van der Waals surface area contributed by atoms with Crippen LogP contribution in [0.15, 0.2) is 42.6 Å².